The van der Waals surface area contributed by atoms with Crippen molar-refractivity contribution in [2.24, 2.45) is 5.92 Å². The van der Waals surface area contributed by atoms with Gasteiger partial charge in [-0.1, -0.05) is 29.3 Å². The highest BCUT2D eigenvalue weighted by atomic mass is 35.5. The van der Waals surface area contributed by atoms with Crippen molar-refractivity contribution in [3.63, 3.8) is 0 Å². The standard InChI is InChI=1S/C15H21Cl2NO2/c1-10(19)11-3-2-6-18(8-11)9-15(20)13-5-4-12(16)7-14(13)17/h4-5,7,10-11,15,19-20H,2-3,6,8-9H2,1H3. The molecule has 0 aliphatic carbocycles. The third kappa shape index (κ3) is 4.09. The second kappa shape index (κ2) is 7.10. The third-order valence-electron chi connectivity index (χ3n) is 3.98. The molecule has 112 valence electrons. The SMILES string of the molecule is CC(O)C1CCCN(CC(O)c2ccc(Cl)cc2Cl)C1. The molecular weight excluding hydrogens is 297 g/mol. The predicted octanol–water partition coefficient (Wildman–Crippen LogP) is 3.12. The van der Waals surface area contributed by atoms with Gasteiger partial charge in [-0.05, 0) is 44.4 Å². The van der Waals surface area contributed by atoms with Gasteiger partial charge in [0.15, 0.2) is 0 Å². The zero-order valence-corrected chi connectivity index (χ0v) is 13.1. The molecule has 3 nitrogen and oxygen atoms in total. The summed E-state index contributed by atoms with van der Waals surface area (Å²) in [5.41, 5.74) is 0.704. The molecule has 0 bridgehead atoms. The molecule has 1 aliphatic heterocycles. The molecule has 2 N–H and O–H groups in total. The second-order valence-corrected chi connectivity index (χ2v) is 6.43. The van der Waals surface area contributed by atoms with Crippen LogP contribution in [0.25, 0.3) is 0 Å². The first-order chi connectivity index (χ1) is 9.47. The topological polar surface area (TPSA) is 43.7 Å². The van der Waals surface area contributed by atoms with Gasteiger partial charge in [0.25, 0.3) is 0 Å². The molecule has 1 aromatic carbocycles. The maximum absolute atomic E-state index is 10.3. The van der Waals surface area contributed by atoms with Crippen molar-refractivity contribution in [2.45, 2.75) is 32.0 Å². The molecule has 3 unspecified atom stereocenters. The lowest BCUT2D eigenvalue weighted by Gasteiger charge is -2.35. The van der Waals surface area contributed by atoms with Gasteiger partial charge >= 0.3 is 0 Å². The lowest BCUT2D eigenvalue weighted by atomic mass is 9.93. The summed E-state index contributed by atoms with van der Waals surface area (Å²) in [6, 6.07) is 5.16. The fraction of sp³-hybridized carbons (Fsp3) is 0.600. The Balaban J connectivity index is 1.98. The van der Waals surface area contributed by atoms with Crippen LogP contribution in [0.3, 0.4) is 0 Å². The van der Waals surface area contributed by atoms with E-state index in [0.29, 0.717) is 22.2 Å². The number of nitrogens with zero attached hydrogens (tertiary/aromatic N) is 1. The van der Waals surface area contributed by atoms with Crippen LogP contribution in [0.1, 0.15) is 31.4 Å². The van der Waals surface area contributed by atoms with Crippen LogP contribution < -0.4 is 0 Å². The van der Waals surface area contributed by atoms with Gasteiger partial charge in [0.2, 0.25) is 0 Å². The zero-order valence-electron chi connectivity index (χ0n) is 11.6. The molecule has 0 saturated carbocycles. The largest absolute Gasteiger partial charge is 0.393 e. The second-order valence-electron chi connectivity index (χ2n) is 5.58. The van der Waals surface area contributed by atoms with E-state index in [4.69, 9.17) is 23.2 Å². The van der Waals surface area contributed by atoms with Gasteiger partial charge in [-0.25, -0.2) is 0 Å². The highest BCUT2D eigenvalue weighted by molar-refractivity contribution is 6.35. The van der Waals surface area contributed by atoms with Crippen LogP contribution >= 0.6 is 23.2 Å². The van der Waals surface area contributed by atoms with Crippen molar-refractivity contribution in [2.75, 3.05) is 19.6 Å². The Morgan fingerprint density at radius 3 is 2.75 bits per heavy atom. The first kappa shape index (κ1) is 16.1. The maximum atomic E-state index is 10.3. The first-order valence-corrected chi connectivity index (χ1v) is 7.76. The van der Waals surface area contributed by atoms with Gasteiger partial charge in [0, 0.05) is 28.7 Å². The average molecular weight is 318 g/mol. The number of piperidine rings is 1. The Bertz CT molecular complexity index is 453. The van der Waals surface area contributed by atoms with Gasteiger partial charge in [0.1, 0.15) is 0 Å². The Hall–Kier alpha value is -0.320. The number of aliphatic hydroxyl groups excluding tert-OH is 2. The zero-order chi connectivity index (χ0) is 14.7. The summed E-state index contributed by atoms with van der Waals surface area (Å²) in [7, 11) is 0. The summed E-state index contributed by atoms with van der Waals surface area (Å²) in [5, 5.41) is 21.1. The lowest BCUT2D eigenvalue weighted by molar-refractivity contribution is 0.0377. The Kier molecular flexibility index (Phi) is 5.70. The predicted molar refractivity (Wildman–Crippen MR) is 82.3 cm³/mol. The summed E-state index contributed by atoms with van der Waals surface area (Å²) in [6.45, 7) is 4.14. The van der Waals surface area contributed by atoms with Crippen LogP contribution in [0.4, 0.5) is 0 Å². The molecule has 0 spiro atoms. The van der Waals surface area contributed by atoms with Crippen molar-refractivity contribution in [1.82, 2.24) is 4.90 Å². The van der Waals surface area contributed by atoms with Gasteiger partial charge in [-0.2, -0.15) is 0 Å². The number of hydrogen-bond acceptors (Lipinski definition) is 3. The summed E-state index contributed by atoms with van der Waals surface area (Å²) in [5.74, 6) is 0.289. The minimum atomic E-state index is -0.632. The van der Waals surface area contributed by atoms with Crippen LogP contribution in [0.5, 0.6) is 0 Å². The van der Waals surface area contributed by atoms with Crippen molar-refractivity contribution in [1.29, 1.82) is 0 Å². The number of rotatable bonds is 4. The van der Waals surface area contributed by atoms with E-state index in [2.05, 4.69) is 4.90 Å². The van der Waals surface area contributed by atoms with Gasteiger partial charge in [0.05, 0.1) is 12.2 Å². The minimum absolute atomic E-state index is 0.289. The van der Waals surface area contributed by atoms with E-state index in [-0.39, 0.29) is 12.0 Å². The molecule has 20 heavy (non-hydrogen) atoms. The summed E-state index contributed by atoms with van der Waals surface area (Å²) in [4.78, 5) is 2.19. The van der Waals surface area contributed by atoms with E-state index in [1.807, 2.05) is 6.92 Å². The fourth-order valence-electron chi connectivity index (χ4n) is 2.77. The average Bonchev–Trinajstić information content (AvgIpc) is 2.38. The molecule has 2 rings (SSSR count). The summed E-state index contributed by atoms with van der Waals surface area (Å²) in [6.07, 6.45) is 1.17. The number of likely N-dealkylation sites (tertiary alicyclic amines) is 1. The Labute approximate surface area is 130 Å². The smallest absolute Gasteiger partial charge is 0.0931 e. The number of benzene rings is 1. The first-order valence-electron chi connectivity index (χ1n) is 7.01. The fourth-order valence-corrected chi connectivity index (χ4v) is 3.30. The molecule has 0 amide bonds. The van der Waals surface area contributed by atoms with Crippen LogP contribution in [-0.2, 0) is 0 Å². The molecule has 5 heteroatoms. The monoisotopic (exact) mass is 317 g/mol. The molecule has 0 aromatic heterocycles. The highest BCUT2D eigenvalue weighted by Gasteiger charge is 2.25. The Morgan fingerprint density at radius 2 is 2.10 bits per heavy atom. The van der Waals surface area contributed by atoms with Gasteiger partial charge < -0.3 is 15.1 Å². The van der Waals surface area contributed by atoms with E-state index < -0.39 is 6.10 Å². The minimum Gasteiger partial charge on any atom is -0.393 e. The molecule has 0 radical (unpaired) electrons. The van der Waals surface area contributed by atoms with E-state index in [1.165, 1.54) is 0 Å². The molecule has 1 saturated heterocycles. The van der Waals surface area contributed by atoms with E-state index in [1.54, 1.807) is 18.2 Å². The summed E-state index contributed by atoms with van der Waals surface area (Å²) < 4.78 is 0. The quantitative estimate of drug-likeness (QED) is 0.896. The number of halogens is 2. The van der Waals surface area contributed by atoms with Crippen molar-refractivity contribution >= 4 is 23.2 Å². The molecule has 1 heterocycles. The van der Waals surface area contributed by atoms with E-state index >= 15 is 0 Å². The normalized spacial score (nSPS) is 23.6. The van der Waals surface area contributed by atoms with E-state index in [0.717, 1.165) is 25.9 Å². The number of aliphatic hydroxyl groups is 2. The van der Waals surface area contributed by atoms with E-state index in [9.17, 15) is 10.2 Å². The van der Waals surface area contributed by atoms with Crippen LogP contribution in [0.15, 0.2) is 18.2 Å². The summed E-state index contributed by atoms with van der Waals surface area (Å²) >= 11 is 12.0. The van der Waals surface area contributed by atoms with Crippen molar-refractivity contribution < 1.29 is 10.2 Å². The molecule has 3 atom stereocenters. The maximum Gasteiger partial charge on any atom is 0.0931 e. The molecule has 1 aromatic rings. The van der Waals surface area contributed by atoms with Crippen LogP contribution in [-0.4, -0.2) is 40.9 Å². The lowest BCUT2D eigenvalue weighted by Crippen LogP contribution is -2.41. The molecular formula is C15H21Cl2NO2. The number of β-amino-alcohol motifs (C(OH)–C–C–N with tert-alkyl or cyclic N) is 1. The van der Waals surface area contributed by atoms with Gasteiger partial charge in [-0.3, -0.25) is 0 Å². The number of hydrogen-bond donors (Lipinski definition) is 2. The van der Waals surface area contributed by atoms with Crippen molar-refractivity contribution in [3.05, 3.63) is 33.8 Å². The van der Waals surface area contributed by atoms with Crippen LogP contribution in [0, 0.1) is 5.92 Å². The Morgan fingerprint density at radius 1 is 1.35 bits per heavy atom. The highest BCUT2D eigenvalue weighted by Crippen LogP contribution is 2.28. The van der Waals surface area contributed by atoms with Crippen LogP contribution in [0.2, 0.25) is 10.0 Å². The molecule has 1 aliphatic rings. The van der Waals surface area contributed by atoms with Crippen molar-refractivity contribution in [3.8, 4) is 0 Å². The third-order valence-corrected chi connectivity index (χ3v) is 4.54. The molecule has 1 fully saturated rings. The van der Waals surface area contributed by atoms with Gasteiger partial charge in [-0.15, -0.1) is 0 Å².